The van der Waals surface area contributed by atoms with E-state index in [1.807, 2.05) is 24.3 Å². The third-order valence-electron chi connectivity index (χ3n) is 1.96. The molecule has 0 atom stereocenters. The lowest BCUT2D eigenvalue weighted by Crippen LogP contribution is -2.07. The molecule has 1 aromatic heterocycles. The highest BCUT2D eigenvalue weighted by Crippen LogP contribution is 2.17. The normalized spacial score (nSPS) is 11.1. The Morgan fingerprint density at radius 3 is 2.86 bits per heavy atom. The minimum atomic E-state index is 0.588. The molecule has 14 heavy (non-hydrogen) atoms. The summed E-state index contributed by atoms with van der Waals surface area (Å²) in [6.07, 6.45) is 0. The Labute approximate surface area is 83.1 Å². The Morgan fingerprint density at radius 1 is 1.36 bits per heavy atom. The van der Waals surface area contributed by atoms with Gasteiger partial charge in [0, 0.05) is 6.54 Å². The van der Waals surface area contributed by atoms with Crippen LogP contribution in [0.25, 0.3) is 11.1 Å². The highest BCUT2D eigenvalue weighted by Gasteiger charge is 2.03. The van der Waals surface area contributed by atoms with Gasteiger partial charge in [0.05, 0.1) is 0 Å². The van der Waals surface area contributed by atoms with Gasteiger partial charge in [-0.05, 0) is 18.1 Å². The van der Waals surface area contributed by atoms with Crippen molar-refractivity contribution in [3.05, 3.63) is 24.3 Å². The number of nitrogens with zero attached hydrogens (tertiary/aromatic N) is 1. The molecule has 0 fully saturated rings. The molecule has 0 aliphatic rings. The number of nitrogens with one attached hydrogen (secondary N) is 1. The van der Waals surface area contributed by atoms with Crippen LogP contribution in [0.15, 0.2) is 28.7 Å². The molecular formula is C11H14N2O. The molecule has 0 bridgehead atoms. The minimum Gasteiger partial charge on any atom is -0.424 e. The van der Waals surface area contributed by atoms with E-state index in [2.05, 4.69) is 24.1 Å². The molecule has 0 aliphatic carbocycles. The van der Waals surface area contributed by atoms with Gasteiger partial charge in [0.2, 0.25) is 0 Å². The van der Waals surface area contributed by atoms with Gasteiger partial charge in [-0.3, -0.25) is 0 Å². The van der Waals surface area contributed by atoms with Gasteiger partial charge in [0.15, 0.2) is 5.58 Å². The quantitative estimate of drug-likeness (QED) is 0.808. The Bertz CT molecular complexity index is 387. The predicted octanol–water partition coefficient (Wildman–Crippen LogP) is 2.90. The van der Waals surface area contributed by atoms with E-state index in [9.17, 15) is 0 Å². The highest BCUT2D eigenvalue weighted by molar-refractivity contribution is 5.74. The monoisotopic (exact) mass is 190 g/mol. The van der Waals surface area contributed by atoms with E-state index >= 15 is 0 Å². The number of fused-ring (bicyclic) bond motifs is 1. The summed E-state index contributed by atoms with van der Waals surface area (Å²) in [5.74, 6) is 0.588. The molecule has 3 heteroatoms. The zero-order chi connectivity index (χ0) is 9.97. The SMILES string of the molecule is CC(C)CNc1nc2ccccc2o1. The number of anilines is 1. The molecule has 0 spiro atoms. The third kappa shape index (κ3) is 1.87. The summed E-state index contributed by atoms with van der Waals surface area (Å²) < 4.78 is 5.50. The second-order valence-electron chi connectivity index (χ2n) is 3.76. The Morgan fingerprint density at radius 2 is 2.14 bits per heavy atom. The zero-order valence-corrected chi connectivity index (χ0v) is 8.45. The molecule has 2 aromatic rings. The van der Waals surface area contributed by atoms with E-state index in [4.69, 9.17) is 4.42 Å². The summed E-state index contributed by atoms with van der Waals surface area (Å²) in [6, 6.07) is 8.37. The maximum Gasteiger partial charge on any atom is 0.295 e. The van der Waals surface area contributed by atoms with E-state index in [0.717, 1.165) is 17.6 Å². The average molecular weight is 190 g/mol. The highest BCUT2D eigenvalue weighted by atomic mass is 16.4. The topological polar surface area (TPSA) is 38.1 Å². The average Bonchev–Trinajstić information content (AvgIpc) is 2.57. The number of aromatic nitrogens is 1. The fraction of sp³-hybridized carbons (Fsp3) is 0.364. The van der Waals surface area contributed by atoms with Gasteiger partial charge in [-0.15, -0.1) is 0 Å². The number of rotatable bonds is 3. The summed E-state index contributed by atoms with van der Waals surface area (Å²) in [7, 11) is 0. The Balaban J connectivity index is 2.19. The van der Waals surface area contributed by atoms with E-state index in [1.54, 1.807) is 0 Å². The van der Waals surface area contributed by atoms with Crippen LogP contribution in [0.4, 0.5) is 6.01 Å². The van der Waals surface area contributed by atoms with Gasteiger partial charge in [0.25, 0.3) is 6.01 Å². The lowest BCUT2D eigenvalue weighted by molar-refractivity contribution is 0.596. The van der Waals surface area contributed by atoms with Crippen LogP contribution in [-0.2, 0) is 0 Å². The summed E-state index contributed by atoms with van der Waals surface area (Å²) in [5.41, 5.74) is 1.73. The molecule has 1 heterocycles. The van der Waals surface area contributed by atoms with Crippen molar-refractivity contribution >= 4 is 17.1 Å². The zero-order valence-electron chi connectivity index (χ0n) is 8.45. The molecule has 2 rings (SSSR count). The van der Waals surface area contributed by atoms with Gasteiger partial charge in [0.1, 0.15) is 5.52 Å². The Hall–Kier alpha value is -1.51. The first-order chi connectivity index (χ1) is 6.75. The van der Waals surface area contributed by atoms with Crippen molar-refractivity contribution in [2.75, 3.05) is 11.9 Å². The van der Waals surface area contributed by atoms with Crippen LogP contribution in [0, 0.1) is 5.92 Å². The Kier molecular flexibility index (Phi) is 2.39. The van der Waals surface area contributed by atoms with Crippen LogP contribution in [0.1, 0.15) is 13.8 Å². The molecule has 1 N–H and O–H groups in total. The summed E-state index contributed by atoms with van der Waals surface area (Å²) >= 11 is 0. The van der Waals surface area contributed by atoms with Crippen LogP contribution < -0.4 is 5.32 Å². The molecule has 0 unspecified atom stereocenters. The number of benzene rings is 1. The van der Waals surface area contributed by atoms with Crippen molar-refractivity contribution in [1.82, 2.24) is 4.98 Å². The summed E-state index contributed by atoms with van der Waals surface area (Å²) in [5, 5.41) is 3.16. The second-order valence-corrected chi connectivity index (χ2v) is 3.76. The van der Waals surface area contributed by atoms with Crippen molar-refractivity contribution < 1.29 is 4.42 Å². The number of para-hydroxylation sites is 2. The van der Waals surface area contributed by atoms with Crippen LogP contribution >= 0.6 is 0 Å². The van der Waals surface area contributed by atoms with E-state index in [-0.39, 0.29) is 0 Å². The predicted molar refractivity (Wildman–Crippen MR) is 57.3 cm³/mol. The van der Waals surface area contributed by atoms with E-state index < -0.39 is 0 Å². The molecule has 0 aliphatic heterocycles. The number of hydrogen-bond donors (Lipinski definition) is 1. The lowest BCUT2D eigenvalue weighted by Gasteiger charge is -2.03. The van der Waals surface area contributed by atoms with Crippen LogP contribution in [0.2, 0.25) is 0 Å². The molecular weight excluding hydrogens is 176 g/mol. The maximum absolute atomic E-state index is 5.50. The van der Waals surface area contributed by atoms with Gasteiger partial charge in [-0.1, -0.05) is 26.0 Å². The van der Waals surface area contributed by atoms with Crippen LogP contribution in [0.3, 0.4) is 0 Å². The van der Waals surface area contributed by atoms with Gasteiger partial charge in [-0.2, -0.15) is 4.98 Å². The first-order valence-corrected chi connectivity index (χ1v) is 4.85. The van der Waals surface area contributed by atoms with Crippen molar-refractivity contribution in [2.24, 2.45) is 5.92 Å². The summed E-state index contributed by atoms with van der Waals surface area (Å²) in [4.78, 5) is 4.31. The van der Waals surface area contributed by atoms with Crippen molar-refractivity contribution in [3.63, 3.8) is 0 Å². The van der Waals surface area contributed by atoms with Crippen molar-refractivity contribution in [2.45, 2.75) is 13.8 Å². The fourth-order valence-electron chi connectivity index (χ4n) is 1.24. The number of oxazole rings is 1. The lowest BCUT2D eigenvalue weighted by atomic mass is 10.2. The first kappa shape index (κ1) is 9.06. The van der Waals surface area contributed by atoms with Crippen LogP contribution in [-0.4, -0.2) is 11.5 Å². The molecule has 3 nitrogen and oxygen atoms in total. The second kappa shape index (κ2) is 3.70. The van der Waals surface area contributed by atoms with Gasteiger partial charge in [-0.25, -0.2) is 0 Å². The number of hydrogen-bond acceptors (Lipinski definition) is 3. The molecule has 0 saturated carbocycles. The standard InChI is InChI=1S/C11H14N2O/c1-8(2)7-12-11-13-9-5-3-4-6-10(9)14-11/h3-6,8H,7H2,1-2H3,(H,12,13). The van der Waals surface area contributed by atoms with Crippen LogP contribution in [0.5, 0.6) is 0 Å². The van der Waals surface area contributed by atoms with Gasteiger partial charge < -0.3 is 9.73 Å². The molecule has 0 radical (unpaired) electrons. The fourth-order valence-corrected chi connectivity index (χ4v) is 1.24. The minimum absolute atomic E-state index is 0.588. The third-order valence-corrected chi connectivity index (χ3v) is 1.96. The largest absolute Gasteiger partial charge is 0.424 e. The van der Waals surface area contributed by atoms with Crippen molar-refractivity contribution in [3.8, 4) is 0 Å². The smallest absolute Gasteiger partial charge is 0.295 e. The molecule has 0 saturated heterocycles. The van der Waals surface area contributed by atoms with E-state index in [1.165, 1.54) is 0 Å². The molecule has 1 aromatic carbocycles. The van der Waals surface area contributed by atoms with Crippen molar-refractivity contribution in [1.29, 1.82) is 0 Å². The summed E-state index contributed by atoms with van der Waals surface area (Å²) in [6.45, 7) is 5.18. The first-order valence-electron chi connectivity index (χ1n) is 4.85. The molecule has 0 amide bonds. The van der Waals surface area contributed by atoms with Gasteiger partial charge >= 0.3 is 0 Å². The maximum atomic E-state index is 5.50. The van der Waals surface area contributed by atoms with E-state index in [0.29, 0.717) is 11.9 Å². The molecule has 74 valence electrons.